The summed E-state index contributed by atoms with van der Waals surface area (Å²) in [6, 6.07) is 10.4. The van der Waals surface area contributed by atoms with Gasteiger partial charge in [-0.3, -0.25) is 9.59 Å². The zero-order chi connectivity index (χ0) is 18.8. The third-order valence-electron chi connectivity index (χ3n) is 4.86. The maximum Gasteiger partial charge on any atom is 0.255 e. The third kappa shape index (κ3) is 3.31. The van der Waals surface area contributed by atoms with Crippen molar-refractivity contribution < 1.29 is 14.0 Å². The van der Waals surface area contributed by atoms with Crippen molar-refractivity contribution in [1.29, 1.82) is 0 Å². The number of carbonyl (C=O) groups excluding carboxylic acids is 2. The summed E-state index contributed by atoms with van der Waals surface area (Å²) in [7, 11) is 0. The summed E-state index contributed by atoms with van der Waals surface area (Å²) >= 11 is 6.04. The van der Waals surface area contributed by atoms with E-state index in [1.54, 1.807) is 37.3 Å². The molecule has 2 amide bonds. The molecule has 6 heteroatoms. The lowest BCUT2D eigenvalue weighted by atomic mass is 10.0. The molecular weight excluding hydrogens is 355 g/mol. The molecule has 0 unspecified atom stereocenters. The smallest absolute Gasteiger partial charge is 0.255 e. The fraction of sp³-hybridized carbons (Fsp3) is 0.300. The van der Waals surface area contributed by atoms with E-state index in [4.69, 9.17) is 17.3 Å². The predicted molar refractivity (Wildman–Crippen MR) is 98.4 cm³/mol. The van der Waals surface area contributed by atoms with Crippen LogP contribution in [0.25, 0.3) is 0 Å². The lowest BCUT2D eigenvalue weighted by Gasteiger charge is -2.35. The van der Waals surface area contributed by atoms with Crippen molar-refractivity contribution in [2.24, 2.45) is 5.73 Å². The number of primary amides is 1. The van der Waals surface area contributed by atoms with E-state index in [9.17, 15) is 14.0 Å². The van der Waals surface area contributed by atoms with Crippen molar-refractivity contribution in [3.8, 4) is 0 Å². The average molecular weight is 375 g/mol. The van der Waals surface area contributed by atoms with Gasteiger partial charge in [0.15, 0.2) is 0 Å². The Morgan fingerprint density at radius 2 is 2.00 bits per heavy atom. The lowest BCUT2D eigenvalue weighted by Crippen LogP contribution is -2.49. The molecule has 0 fully saturated rings. The Morgan fingerprint density at radius 1 is 1.31 bits per heavy atom. The molecule has 0 heterocycles. The maximum atomic E-state index is 14.3. The highest BCUT2D eigenvalue weighted by Crippen LogP contribution is 2.40. The minimum Gasteiger partial charge on any atom is -0.368 e. The van der Waals surface area contributed by atoms with E-state index in [0.717, 1.165) is 0 Å². The van der Waals surface area contributed by atoms with Crippen LogP contribution < -0.4 is 5.73 Å². The first kappa shape index (κ1) is 18.4. The molecule has 0 aliphatic heterocycles. The minimum absolute atomic E-state index is 0.271. The van der Waals surface area contributed by atoms with E-state index in [1.807, 2.05) is 6.07 Å². The molecule has 0 saturated carbocycles. The first-order valence-corrected chi connectivity index (χ1v) is 8.96. The number of amides is 2. The molecule has 2 aromatic carbocycles. The van der Waals surface area contributed by atoms with Crippen molar-refractivity contribution in [1.82, 2.24) is 4.90 Å². The Hall–Kier alpha value is -2.40. The second-order valence-electron chi connectivity index (χ2n) is 6.41. The Bertz CT molecular complexity index is 841. The van der Waals surface area contributed by atoms with Gasteiger partial charge in [-0.05, 0) is 54.7 Å². The van der Waals surface area contributed by atoms with Crippen LogP contribution in [0, 0.1) is 5.82 Å². The van der Waals surface area contributed by atoms with Crippen LogP contribution in [-0.2, 0) is 11.2 Å². The highest BCUT2D eigenvalue weighted by Gasteiger charge is 2.38. The molecule has 26 heavy (non-hydrogen) atoms. The number of hydrogen-bond acceptors (Lipinski definition) is 2. The predicted octanol–water partition coefficient (Wildman–Crippen LogP) is 3.87. The second kappa shape index (κ2) is 7.46. The first-order chi connectivity index (χ1) is 12.4. The van der Waals surface area contributed by atoms with Crippen LogP contribution in [0.15, 0.2) is 42.5 Å². The third-order valence-corrected chi connectivity index (χ3v) is 5.08. The van der Waals surface area contributed by atoms with Crippen molar-refractivity contribution in [2.75, 3.05) is 0 Å². The van der Waals surface area contributed by atoms with Crippen LogP contribution in [0.5, 0.6) is 0 Å². The van der Waals surface area contributed by atoms with Gasteiger partial charge in [0.05, 0.1) is 6.04 Å². The van der Waals surface area contributed by atoms with E-state index in [0.29, 0.717) is 36.0 Å². The minimum atomic E-state index is -0.777. The van der Waals surface area contributed by atoms with Gasteiger partial charge in [-0.25, -0.2) is 4.39 Å². The number of carbonyl (C=O) groups is 2. The van der Waals surface area contributed by atoms with Crippen LogP contribution in [0.2, 0.25) is 5.02 Å². The summed E-state index contributed by atoms with van der Waals surface area (Å²) in [5, 5.41) is 0.271. The van der Waals surface area contributed by atoms with Crippen LogP contribution >= 0.6 is 11.6 Å². The van der Waals surface area contributed by atoms with E-state index >= 15 is 0 Å². The van der Waals surface area contributed by atoms with Crippen molar-refractivity contribution in [3.63, 3.8) is 0 Å². The van der Waals surface area contributed by atoms with Gasteiger partial charge in [-0.1, -0.05) is 36.7 Å². The highest BCUT2D eigenvalue weighted by atomic mass is 35.5. The molecule has 1 aliphatic rings. The monoisotopic (exact) mass is 374 g/mol. The van der Waals surface area contributed by atoms with E-state index in [2.05, 4.69) is 0 Å². The van der Waals surface area contributed by atoms with E-state index in [-0.39, 0.29) is 16.7 Å². The average Bonchev–Trinajstić information content (AvgIpc) is 3.03. The molecule has 0 bridgehead atoms. The summed E-state index contributed by atoms with van der Waals surface area (Å²) < 4.78 is 14.3. The largest absolute Gasteiger partial charge is 0.368 e. The zero-order valence-electron chi connectivity index (χ0n) is 14.4. The molecular formula is C20H20ClFN2O2. The summed E-state index contributed by atoms with van der Waals surface area (Å²) in [6.07, 6.45) is 1.38. The topological polar surface area (TPSA) is 63.4 Å². The first-order valence-electron chi connectivity index (χ1n) is 8.58. The zero-order valence-corrected chi connectivity index (χ0v) is 15.2. The summed E-state index contributed by atoms with van der Waals surface area (Å²) in [5.74, 6) is -1.25. The quantitative estimate of drug-likeness (QED) is 0.863. The molecule has 0 radical (unpaired) electrons. The molecule has 0 aromatic heterocycles. The van der Waals surface area contributed by atoms with Gasteiger partial charge in [0, 0.05) is 10.6 Å². The molecule has 2 N–H and O–H groups in total. The summed E-state index contributed by atoms with van der Waals surface area (Å²) in [5.41, 5.74) is 7.24. The van der Waals surface area contributed by atoms with Crippen molar-refractivity contribution in [3.05, 3.63) is 70.0 Å². The lowest BCUT2D eigenvalue weighted by molar-refractivity contribution is -0.123. The summed E-state index contributed by atoms with van der Waals surface area (Å²) in [6.45, 7) is 1.80. The molecule has 2 aromatic rings. The number of halogens is 2. The molecule has 1 aliphatic carbocycles. The Morgan fingerprint density at radius 3 is 2.62 bits per heavy atom. The number of rotatable bonds is 5. The van der Waals surface area contributed by atoms with E-state index < -0.39 is 18.0 Å². The Labute approximate surface area is 156 Å². The van der Waals surface area contributed by atoms with Crippen LogP contribution in [-0.4, -0.2) is 22.8 Å². The van der Waals surface area contributed by atoms with Gasteiger partial charge in [0.25, 0.3) is 5.91 Å². The molecule has 136 valence electrons. The number of fused-ring (bicyclic) bond motifs is 1. The Balaban J connectivity index is 2.09. The fourth-order valence-corrected chi connectivity index (χ4v) is 3.89. The summed E-state index contributed by atoms with van der Waals surface area (Å²) in [4.78, 5) is 26.7. The number of nitrogens with two attached hydrogens (primary N) is 1. The molecule has 2 atom stereocenters. The SMILES string of the molecule is CC[C@H](C(N)=O)N(C(=O)c1ccccc1)[C@@H]1CCc2c(F)cc(Cl)cc21. The number of benzene rings is 2. The molecule has 0 saturated heterocycles. The Kier molecular flexibility index (Phi) is 5.28. The van der Waals surface area contributed by atoms with Gasteiger partial charge >= 0.3 is 0 Å². The maximum absolute atomic E-state index is 14.3. The second-order valence-corrected chi connectivity index (χ2v) is 6.85. The normalized spacial score (nSPS) is 16.8. The number of hydrogen-bond donors (Lipinski definition) is 1. The van der Waals surface area contributed by atoms with E-state index in [1.165, 1.54) is 11.0 Å². The highest BCUT2D eigenvalue weighted by molar-refractivity contribution is 6.30. The molecule has 4 nitrogen and oxygen atoms in total. The number of nitrogens with zero attached hydrogens (tertiary/aromatic N) is 1. The van der Waals surface area contributed by atoms with Crippen molar-refractivity contribution >= 4 is 23.4 Å². The van der Waals surface area contributed by atoms with Gasteiger partial charge in [0.1, 0.15) is 11.9 Å². The van der Waals surface area contributed by atoms with Gasteiger partial charge in [-0.2, -0.15) is 0 Å². The fourth-order valence-electron chi connectivity index (χ4n) is 3.68. The van der Waals surface area contributed by atoms with Gasteiger partial charge < -0.3 is 10.6 Å². The van der Waals surface area contributed by atoms with Gasteiger partial charge in [0.2, 0.25) is 5.91 Å². The standard InChI is InChI=1S/C20H20ClFN2O2/c1-2-17(19(23)25)24(20(26)12-6-4-3-5-7-12)18-9-8-14-15(18)10-13(21)11-16(14)22/h3-7,10-11,17-18H,2,8-9H2,1H3,(H2,23,25)/t17-,18-/m1/s1. The van der Waals surface area contributed by atoms with Gasteiger partial charge in [-0.15, -0.1) is 0 Å². The molecule has 3 rings (SSSR count). The van der Waals surface area contributed by atoms with Crippen LogP contribution in [0.1, 0.15) is 47.3 Å². The van der Waals surface area contributed by atoms with Crippen LogP contribution in [0.3, 0.4) is 0 Å². The van der Waals surface area contributed by atoms with Crippen molar-refractivity contribution in [2.45, 2.75) is 38.3 Å². The molecule has 0 spiro atoms. The van der Waals surface area contributed by atoms with Crippen LogP contribution in [0.4, 0.5) is 4.39 Å².